The normalized spacial score (nSPS) is 15.7. The van der Waals surface area contributed by atoms with Crippen molar-refractivity contribution >= 4 is 23.6 Å². The molecule has 1 heterocycles. The molecule has 3 N–H and O–H groups in total. The Hall–Kier alpha value is -3.35. The van der Waals surface area contributed by atoms with Crippen molar-refractivity contribution in [3.8, 4) is 0 Å². The standard InChI is InChI=1S/C21H23N3O4/c1-13(2)22-21(28)23-16-8-5-7-15(12-16)19(25)24-11-10-14-6-3-4-9-17(14)18(24)20(26)27/h3-9,12-13,18H,10-11H2,1-2H3,(H,26,27)(H2,22,23,28). The summed E-state index contributed by atoms with van der Waals surface area (Å²) in [5, 5.41) is 15.1. The fourth-order valence-electron chi connectivity index (χ4n) is 3.38. The number of rotatable bonds is 4. The second-order valence-corrected chi connectivity index (χ2v) is 7.02. The van der Waals surface area contributed by atoms with E-state index in [1.54, 1.807) is 36.4 Å². The first-order valence-electron chi connectivity index (χ1n) is 9.16. The maximum atomic E-state index is 13.1. The molecule has 3 amide bonds. The average Bonchev–Trinajstić information content (AvgIpc) is 2.65. The third-order valence-corrected chi connectivity index (χ3v) is 4.57. The van der Waals surface area contributed by atoms with Gasteiger partial charge >= 0.3 is 12.0 Å². The minimum absolute atomic E-state index is 0.0189. The van der Waals surface area contributed by atoms with Crippen molar-refractivity contribution in [1.29, 1.82) is 0 Å². The predicted molar refractivity (Wildman–Crippen MR) is 105 cm³/mol. The first kappa shape index (κ1) is 19.4. The van der Waals surface area contributed by atoms with Crippen LogP contribution in [0.5, 0.6) is 0 Å². The van der Waals surface area contributed by atoms with Crippen LogP contribution in [0.4, 0.5) is 10.5 Å². The zero-order chi connectivity index (χ0) is 20.3. The van der Waals surface area contributed by atoms with Crippen LogP contribution >= 0.6 is 0 Å². The van der Waals surface area contributed by atoms with Crippen LogP contribution in [0.3, 0.4) is 0 Å². The van der Waals surface area contributed by atoms with Crippen LogP contribution in [0.15, 0.2) is 48.5 Å². The first-order chi connectivity index (χ1) is 13.4. The fourth-order valence-corrected chi connectivity index (χ4v) is 3.38. The van der Waals surface area contributed by atoms with Crippen molar-refractivity contribution < 1.29 is 19.5 Å². The Morgan fingerprint density at radius 3 is 2.57 bits per heavy atom. The molecule has 146 valence electrons. The maximum absolute atomic E-state index is 13.1. The van der Waals surface area contributed by atoms with Crippen molar-refractivity contribution in [3.63, 3.8) is 0 Å². The van der Waals surface area contributed by atoms with Gasteiger partial charge < -0.3 is 20.6 Å². The predicted octanol–water partition coefficient (Wildman–Crippen LogP) is 3.04. The van der Waals surface area contributed by atoms with E-state index in [4.69, 9.17) is 0 Å². The number of carbonyl (C=O) groups is 3. The summed E-state index contributed by atoms with van der Waals surface area (Å²) in [6.45, 7) is 4.01. The fraction of sp³-hybridized carbons (Fsp3) is 0.286. The second-order valence-electron chi connectivity index (χ2n) is 7.02. The highest BCUT2D eigenvalue weighted by Crippen LogP contribution is 2.31. The lowest BCUT2D eigenvalue weighted by Crippen LogP contribution is -2.43. The number of aliphatic carboxylic acids is 1. The van der Waals surface area contributed by atoms with Crippen LogP contribution in [-0.2, 0) is 11.2 Å². The number of nitrogens with one attached hydrogen (secondary N) is 2. The Balaban J connectivity index is 1.84. The highest BCUT2D eigenvalue weighted by molar-refractivity contribution is 5.99. The molecule has 0 spiro atoms. The molecule has 0 radical (unpaired) electrons. The quantitative estimate of drug-likeness (QED) is 0.758. The van der Waals surface area contributed by atoms with Gasteiger partial charge in [0.25, 0.3) is 5.91 Å². The lowest BCUT2D eigenvalue weighted by Gasteiger charge is -2.34. The summed E-state index contributed by atoms with van der Waals surface area (Å²) in [5.41, 5.74) is 2.38. The summed E-state index contributed by atoms with van der Waals surface area (Å²) in [4.78, 5) is 38.3. The molecular formula is C21H23N3O4. The number of hydrogen-bond acceptors (Lipinski definition) is 3. The van der Waals surface area contributed by atoms with E-state index < -0.39 is 12.0 Å². The number of amides is 3. The highest BCUT2D eigenvalue weighted by atomic mass is 16.4. The molecule has 1 aliphatic heterocycles. The summed E-state index contributed by atoms with van der Waals surface area (Å²) in [6, 6.07) is 12.4. The van der Waals surface area contributed by atoms with Crippen molar-refractivity contribution in [2.45, 2.75) is 32.4 Å². The van der Waals surface area contributed by atoms with Crippen LogP contribution < -0.4 is 10.6 Å². The lowest BCUT2D eigenvalue weighted by atomic mass is 9.92. The van der Waals surface area contributed by atoms with E-state index in [1.165, 1.54) is 4.90 Å². The summed E-state index contributed by atoms with van der Waals surface area (Å²) in [7, 11) is 0. The lowest BCUT2D eigenvalue weighted by molar-refractivity contribution is -0.143. The van der Waals surface area contributed by atoms with Gasteiger partial charge in [0.15, 0.2) is 6.04 Å². The first-order valence-corrected chi connectivity index (χ1v) is 9.16. The molecule has 7 heteroatoms. The van der Waals surface area contributed by atoms with Gasteiger partial charge in [-0.25, -0.2) is 9.59 Å². The van der Waals surface area contributed by atoms with Gasteiger partial charge in [-0.2, -0.15) is 0 Å². The molecule has 0 aromatic heterocycles. The molecule has 0 aliphatic carbocycles. The molecule has 0 saturated heterocycles. The number of urea groups is 1. The monoisotopic (exact) mass is 381 g/mol. The number of carboxylic acid groups (broad SMARTS) is 1. The van der Waals surface area contributed by atoms with Crippen LogP contribution in [0, 0.1) is 0 Å². The van der Waals surface area contributed by atoms with Crippen LogP contribution in [0.25, 0.3) is 0 Å². The molecule has 2 aromatic rings. The van der Waals surface area contributed by atoms with Gasteiger partial charge in [0.05, 0.1) is 0 Å². The molecule has 1 aliphatic rings. The van der Waals surface area contributed by atoms with E-state index >= 15 is 0 Å². The van der Waals surface area contributed by atoms with Crippen LogP contribution in [0.1, 0.15) is 41.4 Å². The highest BCUT2D eigenvalue weighted by Gasteiger charge is 2.36. The largest absolute Gasteiger partial charge is 0.479 e. The van der Waals surface area contributed by atoms with Gasteiger partial charge in [-0.15, -0.1) is 0 Å². The molecule has 0 bridgehead atoms. The van der Waals surface area contributed by atoms with E-state index in [2.05, 4.69) is 10.6 Å². The number of nitrogens with zero attached hydrogens (tertiary/aromatic N) is 1. The molecule has 28 heavy (non-hydrogen) atoms. The molecule has 1 unspecified atom stereocenters. The van der Waals surface area contributed by atoms with E-state index in [0.717, 1.165) is 5.56 Å². The molecule has 7 nitrogen and oxygen atoms in total. The smallest absolute Gasteiger partial charge is 0.331 e. The van der Waals surface area contributed by atoms with E-state index in [1.807, 2.05) is 26.0 Å². The van der Waals surface area contributed by atoms with Crippen LogP contribution in [0.2, 0.25) is 0 Å². The van der Waals surface area contributed by atoms with Gasteiger partial charge in [0, 0.05) is 23.8 Å². The topological polar surface area (TPSA) is 98.7 Å². The van der Waals surface area contributed by atoms with Crippen LogP contribution in [-0.4, -0.2) is 40.5 Å². The Morgan fingerprint density at radius 1 is 1.11 bits per heavy atom. The maximum Gasteiger partial charge on any atom is 0.331 e. The zero-order valence-electron chi connectivity index (χ0n) is 15.8. The van der Waals surface area contributed by atoms with Crippen molar-refractivity contribution in [1.82, 2.24) is 10.2 Å². The van der Waals surface area contributed by atoms with Crippen molar-refractivity contribution in [2.24, 2.45) is 0 Å². The molecule has 2 aromatic carbocycles. The van der Waals surface area contributed by atoms with Gasteiger partial charge in [-0.05, 0) is 49.6 Å². The Kier molecular flexibility index (Phi) is 5.63. The Bertz CT molecular complexity index is 910. The number of anilines is 1. The molecule has 3 rings (SSSR count). The Labute approximate surface area is 163 Å². The molecule has 0 saturated carbocycles. The molecule has 0 fully saturated rings. The van der Waals surface area contributed by atoms with Gasteiger partial charge in [-0.3, -0.25) is 4.79 Å². The minimum atomic E-state index is -1.06. The number of hydrogen-bond donors (Lipinski definition) is 3. The third kappa shape index (κ3) is 4.14. The van der Waals surface area contributed by atoms with E-state index in [-0.39, 0.29) is 18.0 Å². The summed E-state index contributed by atoms with van der Waals surface area (Å²) in [6.07, 6.45) is 0.598. The minimum Gasteiger partial charge on any atom is -0.479 e. The van der Waals surface area contributed by atoms with Gasteiger partial charge in [-0.1, -0.05) is 30.3 Å². The number of carbonyl (C=O) groups excluding carboxylic acids is 2. The average molecular weight is 381 g/mol. The number of carboxylic acids is 1. The SMILES string of the molecule is CC(C)NC(=O)Nc1cccc(C(=O)N2CCc3ccccc3C2C(=O)O)c1. The summed E-state index contributed by atoms with van der Waals surface area (Å²) in [5.74, 6) is -1.44. The van der Waals surface area contributed by atoms with Gasteiger partial charge in [0.2, 0.25) is 0 Å². The van der Waals surface area contributed by atoms with Crippen molar-refractivity contribution in [2.75, 3.05) is 11.9 Å². The summed E-state index contributed by atoms with van der Waals surface area (Å²) < 4.78 is 0. The van der Waals surface area contributed by atoms with Gasteiger partial charge in [0.1, 0.15) is 0 Å². The molecule has 1 atom stereocenters. The second kappa shape index (κ2) is 8.12. The zero-order valence-corrected chi connectivity index (χ0v) is 15.8. The third-order valence-electron chi connectivity index (χ3n) is 4.57. The van der Waals surface area contributed by atoms with Crippen molar-refractivity contribution in [3.05, 3.63) is 65.2 Å². The van der Waals surface area contributed by atoms with E-state index in [0.29, 0.717) is 29.8 Å². The number of fused-ring (bicyclic) bond motifs is 1. The molecular weight excluding hydrogens is 358 g/mol. The number of benzene rings is 2. The van der Waals surface area contributed by atoms with E-state index in [9.17, 15) is 19.5 Å². The summed E-state index contributed by atoms with van der Waals surface area (Å²) >= 11 is 0. The Morgan fingerprint density at radius 2 is 1.86 bits per heavy atom.